The summed E-state index contributed by atoms with van der Waals surface area (Å²) in [5.74, 6) is -3.04. The molecule has 0 aromatic heterocycles. The molecule has 1 aliphatic heterocycles. The number of halogens is 2. The van der Waals surface area contributed by atoms with Gasteiger partial charge < -0.3 is 9.47 Å². The zero-order valence-electron chi connectivity index (χ0n) is 13.7. The highest BCUT2D eigenvalue weighted by Gasteiger charge is 2.48. The number of ether oxygens (including phenoxy) is 2. The van der Waals surface area contributed by atoms with E-state index in [-0.39, 0.29) is 11.1 Å². The monoisotopic (exact) mass is 346 g/mol. The third kappa shape index (κ3) is 3.65. The molecule has 1 heterocycles. The van der Waals surface area contributed by atoms with Gasteiger partial charge in [-0.25, -0.2) is 8.78 Å². The highest BCUT2D eigenvalue weighted by Crippen LogP contribution is 2.32. The Morgan fingerprint density at radius 2 is 1.08 bits per heavy atom. The van der Waals surface area contributed by atoms with Crippen LogP contribution in [0.15, 0.2) is 48.5 Å². The molecule has 25 heavy (non-hydrogen) atoms. The fourth-order valence-corrected chi connectivity index (χ4v) is 2.70. The van der Waals surface area contributed by atoms with Gasteiger partial charge in [0, 0.05) is 11.1 Å². The molecule has 4 nitrogen and oxygen atoms in total. The van der Waals surface area contributed by atoms with E-state index in [0.717, 1.165) is 24.3 Å². The van der Waals surface area contributed by atoms with Crippen LogP contribution in [0.3, 0.4) is 0 Å². The van der Waals surface area contributed by atoms with Gasteiger partial charge >= 0.3 is 0 Å². The van der Waals surface area contributed by atoms with Gasteiger partial charge in [-0.2, -0.15) is 0 Å². The Labute approximate surface area is 143 Å². The Morgan fingerprint density at radius 1 is 0.760 bits per heavy atom. The second kappa shape index (κ2) is 6.46. The zero-order valence-corrected chi connectivity index (χ0v) is 13.7. The lowest BCUT2D eigenvalue weighted by Gasteiger charge is -2.16. The summed E-state index contributed by atoms with van der Waals surface area (Å²) in [7, 11) is 0. The lowest BCUT2D eigenvalue weighted by Crippen LogP contribution is -2.37. The highest BCUT2D eigenvalue weighted by molar-refractivity contribution is 6.07. The van der Waals surface area contributed by atoms with E-state index in [1.165, 1.54) is 24.3 Å². The second-order valence-corrected chi connectivity index (χ2v) is 6.22. The quantitative estimate of drug-likeness (QED) is 0.795. The van der Waals surface area contributed by atoms with E-state index in [1.54, 1.807) is 13.8 Å². The van der Waals surface area contributed by atoms with E-state index in [2.05, 4.69) is 0 Å². The minimum Gasteiger partial charge on any atom is -0.336 e. The number of Topliss-reactive ketones (excluding diaryl/α,β-unsaturated/α-hetero) is 2. The summed E-state index contributed by atoms with van der Waals surface area (Å²) in [5, 5.41) is 0. The van der Waals surface area contributed by atoms with Gasteiger partial charge in [-0.3, -0.25) is 9.59 Å². The van der Waals surface area contributed by atoms with Crippen molar-refractivity contribution in [3.63, 3.8) is 0 Å². The molecule has 0 bridgehead atoms. The molecule has 0 unspecified atom stereocenters. The molecule has 2 aromatic carbocycles. The Bertz CT molecular complexity index is 730. The standard InChI is InChI=1S/C19H16F2O4/c1-19(2)24-17(15(22)11-3-7-13(20)8-4-11)18(25-19)16(23)12-5-9-14(21)10-6-12/h3-10,17-18H,1-2H3/t17-,18-/m0/s1. The lowest BCUT2D eigenvalue weighted by molar-refractivity contribution is -0.139. The van der Waals surface area contributed by atoms with Crippen molar-refractivity contribution in [1.29, 1.82) is 0 Å². The summed E-state index contributed by atoms with van der Waals surface area (Å²) in [6, 6.07) is 9.93. The van der Waals surface area contributed by atoms with Gasteiger partial charge in [-0.1, -0.05) is 0 Å². The van der Waals surface area contributed by atoms with Crippen LogP contribution >= 0.6 is 0 Å². The lowest BCUT2D eigenvalue weighted by atomic mass is 9.96. The normalized spacial score (nSPS) is 21.9. The first-order valence-electron chi connectivity index (χ1n) is 7.72. The number of carbonyl (C=O) groups excluding carboxylic acids is 2. The van der Waals surface area contributed by atoms with Crippen LogP contribution in [0.5, 0.6) is 0 Å². The topological polar surface area (TPSA) is 52.6 Å². The molecule has 0 aliphatic carbocycles. The third-order valence-electron chi connectivity index (χ3n) is 3.87. The first kappa shape index (κ1) is 17.4. The molecule has 130 valence electrons. The van der Waals surface area contributed by atoms with Crippen LogP contribution < -0.4 is 0 Å². The number of hydrogen-bond acceptors (Lipinski definition) is 4. The van der Waals surface area contributed by atoms with E-state index in [0.29, 0.717) is 0 Å². The van der Waals surface area contributed by atoms with E-state index in [4.69, 9.17) is 9.47 Å². The van der Waals surface area contributed by atoms with Gasteiger partial charge in [-0.15, -0.1) is 0 Å². The molecule has 1 aliphatic rings. The van der Waals surface area contributed by atoms with E-state index >= 15 is 0 Å². The minimum atomic E-state index is -1.17. The Hall–Kier alpha value is -2.44. The van der Waals surface area contributed by atoms with Gasteiger partial charge in [0.05, 0.1) is 0 Å². The van der Waals surface area contributed by atoms with Crippen LogP contribution in [0.4, 0.5) is 8.78 Å². The molecule has 0 spiro atoms. The molecule has 2 aromatic rings. The molecule has 1 fully saturated rings. The maximum Gasteiger partial charge on any atom is 0.194 e. The number of rotatable bonds is 4. The zero-order chi connectivity index (χ0) is 18.2. The van der Waals surface area contributed by atoms with Gasteiger partial charge in [0.1, 0.15) is 11.6 Å². The van der Waals surface area contributed by atoms with Crippen molar-refractivity contribution in [2.45, 2.75) is 31.8 Å². The molecule has 6 heteroatoms. The summed E-state index contributed by atoms with van der Waals surface area (Å²) in [6.07, 6.45) is -2.34. The molecule has 0 radical (unpaired) electrons. The maximum atomic E-state index is 13.1. The van der Waals surface area contributed by atoms with Crippen molar-refractivity contribution in [2.75, 3.05) is 0 Å². The highest BCUT2D eigenvalue weighted by atomic mass is 19.1. The average molecular weight is 346 g/mol. The molecule has 1 saturated heterocycles. The number of benzene rings is 2. The van der Waals surface area contributed by atoms with Gasteiger partial charge in [0.2, 0.25) is 0 Å². The molecule has 3 rings (SSSR count). The molecule has 0 N–H and O–H groups in total. The smallest absolute Gasteiger partial charge is 0.194 e. The summed E-state index contributed by atoms with van der Waals surface area (Å²) < 4.78 is 37.3. The van der Waals surface area contributed by atoms with Crippen LogP contribution in [-0.4, -0.2) is 29.6 Å². The first-order valence-corrected chi connectivity index (χ1v) is 7.72. The van der Waals surface area contributed by atoms with Crippen molar-refractivity contribution in [2.24, 2.45) is 0 Å². The van der Waals surface area contributed by atoms with Gasteiger partial charge in [0.15, 0.2) is 29.6 Å². The maximum absolute atomic E-state index is 13.1. The predicted octanol–water partition coefficient (Wildman–Crippen LogP) is 3.55. The number of carbonyl (C=O) groups is 2. The number of hydrogen-bond donors (Lipinski definition) is 0. The molecular weight excluding hydrogens is 330 g/mol. The largest absolute Gasteiger partial charge is 0.336 e. The second-order valence-electron chi connectivity index (χ2n) is 6.22. The van der Waals surface area contributed by atoms with Crippen LogP contribution in [0, 0.1) is 11.6 Å². The Morgan fingerprint density at radius 3 is 1.40 bits per heavy atom. The molecule has 0 saturated carbocycles. The van der Waals surface area contributed by atoms with Crippen molar-refractivity contribution >= 4 is 11.6 Å². The van der Waals surface area contributed by atoms with Crippen LogP contribution in [0.1, 0.15) is 34.6 Å². The summed E-state index contributed by atoms with van der Waals surface area (Å²) in [6.45, 7) is 3.19. The Kier molecular flexibility index (Phi) is 4.49. The predicted molar refractivity (Wildman–Crippen MR) is 85.3 cm³/mol. The third-order valence-corrected chi connectivity index (χ3v) is 3.87. The fourth-order valence-electron chi connectivity index (χ4n) is 2.70. The molecule has 0 amide bonds. The van der Waals surface area contributed by atoms with Crippen molar-refractivity contribution in [1.82, 2.24) is 0 Å². The first-order chi connectivity index (χ1) is 11.8. The SMILES string of the molecule is CC1(C)O[C@@H](C(=O)c2ccc(F)cc2)[C@H](C(=O)c2ccc(F)cc2)O1. The average Bonchev–Trinajstić information content (AvgIpc) is 2.91. The van der Waals surface area contributed by atoms with Crippen molar-refractivity contribution in [3.8, 4) is 0 Å². The van der Waals surface area contributed by atoms with E-state index in [1.807, 2.05) is 0 Å². The van der Waals surface area contributed by atoms with E-state index in [9.17, 15) is 18.4 Å². The summed E-state index contributed by atoms with van der Waals surface area (Å²) >= 11 is 0. The summed E-state index contributed by atoms with van der Waals surface area (Å²) in [5.41, 5.74) is 0.425. The molecular formula is C19H16F2O4. The van der Waals surface area contributed by atoms with Crippen LogP contribution in [0.25, 0.3) is 0 Å². The minimum absolute atomic E-state index is 0.213. The van der Waals surface area contributed by atoms with Gasteiger partial charge in [-0.05, 0) is 62.4 Å². The fraction of sp³-hybridized carbons (Fsp3) is 0.263. The van der Waals surface area contributed by atoms with Crippen LogP contribution in [-0.2, 0) is 9.47 Å². The molecule has 2 atom stereocenters. The van der Waals surface area contributed by atoms with Crippen molar-refractivity contribution in [3.05, 3.63) is 71.3 Å². The number of ketones is 2. The summed E-state index contributed by atoms with van der Waals surface area (Å²) in [4.78, 5) is 25.4. The van der Waals surface area contributed by atoms with Gasteiger partial charge in [0.25, 0.3) is 0 Å². The Balaban J connectivity index is 1.90. The van der Waals surface area contributed by atoms with Crippen LogP contribution in [0.2, 0.25) is 0 Å². The van der Waals surface area contributed by atoms with E-state index < -0.39 is 41.2 Å². The van der Waals surface area contributed by atoms with Crippen molar-refractivity contribution < 1.29 is 27.8 Å².